The van der Waals surface area contributed by atoms with Gasteiger partial charge in [-0.15, -0.1) is 0 Å². The summed E-state index contributed by atoms with van der Waals surface area (Å²) in [5.74, 6) is 0.679. The molecule has 1 aromatic heterocycles. The molecule has 1 heterocycles. The number of nitrogens with two attached hydrogens (primary N) is 1. The van der Waals surface area contributed by atoms with Crippen LogP contribution in [-0.2, 0) is 5.75 Å². The van der Waals surface area contributed by atoms with Gasteiger partial charge in [0.15, 0.2) is 5.17 Å². The van der Waals surface area contributed by atoms with Gasteiger partial charge in [0.05, 0.1) is 5.69 Å². The van der Waals surface area contributed by atoms with Gasteiger partial charge in [-0.3, -0.25) is 10.1 Å². The highest BCUT2D eigenvalue weighted by atomic mass is 32.2. The summed E-state index contributed by atoms with van der Waals surface area (Å²) < 4.78 is 1.95. The second kappa shape index (κ2) is 5.05. The van der Waals surface area contributed by atoms with Crippen LogP contribution >= 0.6 is 11.8 Å². The third kappa shape index (κ3) is 3.06. The van der Waals surface area contributed by atoms with Gasteiger partial charge in [0.2, 0.25) is 0 Å². The van der Waals surface area contributed by atoms with Crippen LogP contribution < -0.4 is 5.73 Å². The average molecular weight is 212 g/mol. The van der Waals surface area contributed by atoms with Crippen molar-refractivity contribution in [1.82, 2.24) is 9.78 Å². The molecule has 0 aliphatic rings. The third-order valence-corrected chi connectivity index (χ3v) is 2.83. The number of nitrogens with zero attached hydrogens (tertiary/aromatic N) is 2. The van der Waals surface area contributed by atoms with E-state index in [-0.39, 0.29) is 5.17 Å². The number of aromatic nitrogens is 2. The Kier molecular flexibility index (Phi) is 4.00. The lowest BCUT2D eigenvalue weighted by atomic mass is 10.3. The molecule has 1 atom stereocenters. The summed E-state index contributed by atoms with van der Waals surface area (Å²) in [6.45, 7) is 4.27. The van der Waals surface area contributed by atoms with E-state index in [0.29, 0.717) is 11.8 Å². The normalized spacial score (nSPS) is 12.7. The summed E-state index contributed by atoms with van der Waals surface area (Å²) in [7, 11) is 0. The molecule has 1 aromatic rings. The molecule has 1 rings (SSSR count). The number of rotatable bonds is 4. The van der Waals surface area contributed by atoms with Crippen molar-refractivity contribution in [2.75, 3.05) is 0 Å². The first-order valence-electron chi connectivity index (χ1n) is 4.64. The molecule has 0 aliphatic carbocycles. The quantitative estimate of drug-likeness (QED) is 0.592. The van der Waals surface area contributed by atoms with Crippen LogP contribution in [0.25, 0.3) is 0 Å². The van der Waals surface area contributed by atoms with Crippen molar-refractivity contribution in [3.8, 4) is 0 Å². The second-order valence-electron chi connectivity index (χ2n) is 3.20. The molecule has 0 bridgehead atoms. The maximum absolute atomic E-state index is 7.08. The SMILES string of the molecule is CCC(C)n1ccc(CSC(=N)N)n1. The molecule has 5 heteroatoms. The predicted octanol–water partition coefficient (Wildman–Crippen LogP) is 1.98. The van der Waals surface area contributed by atoms with E-state index in [1.165, 1.54) is 11.8 Å². The van der Waals surface area contributed by atoms with Crippen LogP contribution in [0.2, 0.25) is 0 Å². The van der Waals surface area contributed by atoms with Crippen LogP contribution in [-0.4, -0.2) is 14.9 Å². The molecular weight excluding hydrogens is 196 g/mol. The molecule has 1 unspecified atom stereocenters. The second-order valence-corrected chi connectivity index (χ2v) is 4.21. The molecule has 0 radical (unpaired) electrons. The van der Waals surface area contributed by atoms with Gasteiger partial charge in [-0.05, 0) is 19.4 Å². The smallest absolute Gasteiger partial charge is 0.151 e. The van der Waals surface area contributed by atoms with Crippen LogP contribution in [0.3, 0.4) is 0 Å². The number of hydrogen-bond donors (Lipinski definition) is 2. The Balaban J connectivity index is 2.54. The van der Waals surface area contributed by atoms with Crippen molar-refractivity contribution in [2.24, 2.45) is 5.73 Å². The standard InChI is InChI=1S/C9H16N4S/c1-3-7(2)13-5-4-8(12-13)6-14-9(10)11/h4-5,7H,3,6H2,1-2H3,(H3,10,11). The van der Waals surface area contributed by atoms with Crippen LogP contribution in [0.5, 0.6) is 0 Å². The van der Waals surface area contributed by atoms with Crippen LogP contribution in [0.1, 0.15) is 32.0 Å². The minimum Gasteiger partial charge on any atom is -0.379 e. The summed E-state index contributed by atoms with van der Waals surface area (Å²) in [6, 6.07) is 2.41. The topological polar surface area (TPSA) is 67.7 Å². The molecule has 0 saturated carbocycles. The number of hydrogen-bond acceptors (Lipinski definition) is 3. The fraction of sp³-hybridized carbons (Fsp3) is 0.556. The van der Waals surface area contributed by atoms with E-state index in [2.05, 4.69) is 18.9 Å². The molecule has 14 heavy (non-hydrogen) atoms. The van der Waals surface area contributed by atoms with Gasteiger partial charge in [-0.1, -0.05) is 18.7 Å². The van der Waals surface area contributed by atoms with Crippen LogP contribution in [0.15, 0.2) is 12.3 Å². The van der Waals surface area contributed by atoms with Crippen molar-refractivity contribution in [1.29, 1.82) is 5.41 Å². The first kappa shape index (κ1) is 11.1. The Hall–Kier alpha value is -0.970. The highest BCUT2D eigenvalue weighted by molar-refractivity contribution is 8.13. The first-order chi connectivity index (χ1) is 6.63. The van der Waals surface area contributed by atoms with Gasteiger partial charge < -0.3 is 5.73 Å². The van der Waals surface area contributed by atoms with E-state index in [1.54, 1.807) is 0 Å². The molecule has 4 nitrogen and oxygen atoms in total. The monoisotopic (exact) mass is 212 g/mol. The molecule has 0 fully saturated rings. The van der Waals surface area contributed by atoms with E-state index in [9.17, 15) is 0 Å². The van der Waals surface area contributed by atoms with Gasteiger partial charge in [0.1, 0.15) is 0 Å². The molecular formula is C9H16N4S. The Bertz CT molecular complexity index is 308. The first-order valence-corrected chi connectivity index (χ1v) is 5.63. The number of nitrogens with one attached hydrogen (secondary N) is 1. The van der Waals surface area contributed by atoms with Crippen molar-refractivity contribution >= 4 is 16.9 Å². The zero-order valence-corrected chi connectivity index (χ0v) is 9.34. The number of amidine groups is 1. The fourth-order valence-electron chi connectivity index (χ4n) is 1.04. The largest absolute Gasteiger partial charge is 0.379 e. The van der Waals surface area contributed by atoms with Crippen molar-refractivity contribution in [2.45, 2.75) is 32.1 Å². The molecule has 0 amide bonds. The molecule has 0 saturated heterocycles. The van der Waals surface area contributed by atoms with Gasteiger partial charge >= 0.3 is 0 Å². The Morgan fingerprint density at radius 2 is 2.50 bits per heavy atom. The highest BCUT2D eigenvalue weighted by Crippen LogP contribution is 2.13. The van der Waals surface area contributed by atoms with E-state index in [4.69, 9.17) is 11.1 Å². The van der Waals surface area contributed by atoms with Crippen LogP contribution in [0.4, 0.5) is 0 Å². The summed E-state index contributed by atoms with van der Waals surface area (Å²) in [5, 5.41) is 11.6. The van der Waals surface area contributed by atoms with E-state index >= 15 is 0 Å². The lowest BCUT2D eigenvalue weighted by molar-refractivity contribution is 0.475. The van der Waals surface area contributed by atoms with Crippen molar-refractivity contribution < 1.29 is 0 Å². The average Bonchev–Trinajstić information content (AvgIpc) is 2.62. The molecule has 0 aliphatic heterocycles. The molecule has 0 aromatic carbocycles. The minimum atomic E-state index is 0.142. The summed E-state index contributed by atoms with van der Waals surface area (Å²) in [4.78, 5) is 0. The molecule has 78 valence electrons. The van der Waals surface area contributed by atoms with Gasteiger partial charge in [0, 0.05) is 18.0 Å². The zero-order chi connectivity index (χ0) is 10.6. The summed E-state index contributed by atoms with van der Waals surface area (Å²) in [6.07, 6.45) is 3.05. The highest BCUT2D eigenvalue weighted by Gasteiger charge is 2.04. The van der Waals surface area contributed by atoms with Gasteiger partial charge in [0.25, 0.3) is 0 Å². The lowest BCUT2D eigenvalue weighted by Crippen LogP contribution is -2.06. The Labute approximate surface area is 88.4 Å². The maximum atomic E-state index is 7.08. The van der Waals surface area contributed by atoms with E-state index in [1.807, 2.05) is 16.9 Å². The predicted molar refractivity (Wildman–Crippen MR) is 60.4 cm³/mol. The molecule has 0 spiro atoms. The number of thioether (sulfide) groups is 1. The molecule has 3 N–H and O–H groups in total. The Morgan fingerprint density at radius 3 is 3.07 bits per heavy atom. The van der Waals surface area contributed by atoms with E-state index in [0.717, 1.165) is 12.1 Å². The van der Waals surface area contributed by atoms with E-state index < -0.39 is 0 Å². The minimum absolute atomic E-state index is 0.142. The van der Waals surface area contributed by atoms with Gasteiger partial charge in [-0.25, -0.2) is 0 Å². The van der Waals surface area contributed by atoms with Crippen LogP contribution in [0, 0.1) is 5.41 Å². The fourth-order valence-corrected chi connectivity index (χ4v) is 1.50. The summed E-state index contributed by atoms with van der Waals surface area (Å²) in [5.41, 5.74) is 6.22. The third-order valence-electron chi connectivity index (χ3n) is 2.08. The van der Waals surface area contributed by atoms with Crippen molar-refractivity contribution in [3.05, 3.63) is 18.0 Å². The summed E-state index contributed by atoms with van der Waals surface area (Å²) >= 11 is 1.30. The van der Waals surface area contributed by atoms with Crippen molar-refractivity contribution in [3.63, 3.8) is 0 Å². The van der Waals surface area contributed by atoms with Gasteiger partial charge in [-0.2, -0.15) is 5.10 Å². The zero-order valence-electron chi connectivity index (χ0n) is 8.53. The lowest BCUT2D eigenvalue weighted by Gasteiger charge is -2.07. The Morgan fingerprint density at radius 1 is 1.79 bits per heavy atom. The maximum Gasteiger partial charge on any atom is 0.151 e.